The van der Waals surface area contributed by atoms with E-state index in [4.69, 9.17) is 9.79 Å². The van der Waals surface area contributed by atoms with E-state index in [0.29, 0.717) is 11.4 Å². The van der Waals surface area contributed by atoms with Gasteiger partial charge in [0, 0.05) is 5.69 Å². The van der Waals surface area contributed by atoms with E-state index in [1.54, 1.807) is 6.92 Å². The second kappa shape index (κ2) is 8.70. The number of nitrogens with one attached hydrogen (secondary N) is 1. The molecule has 1 aromatic rings. The van der Waals surface area contributed by atoms with Crippen molar-refractivity contribution in [2.75, 3.05) is 11.6 Å². The maximum Gasteiger partial charge on any atom is 0.344 e. The lowest BCUT2D eigenvalue weighted by Crippen LogP contribution is -2.04. The number of rotatable bonds is 7. The third-order valence-corrected chi connectivity index (χ3v) is 4.65. The van der Waals surface area contributed by atoms with Crippen LogP contribution in [0.3, 0.4) is 0 Å². The molecule has 0 bridgehead atoms. The standard InChI is InChI=1S/C19H30NO4P/c1-12(2)18(16(6)21)7-13(3)8-19-14(4)9-17(10-15(19)5)20-11-25(22,23)24/h7,9-10,12,20-21H,8,11H2,1-6H3,(H2,22,23,24)/b13-7+,18-16-. The maximum absolute atomic E-state index is 11.0. The van der Waals surface area contributed by atoms with Gasteiger partial charge in [-0.2, -0.15) is 0 Å². The van der Waals surface area contributed by atoms with Crippen molar-refractivity contribution in [3.05, 3.63) is 51.8 Å². The van der Waals surface area contributed by atoms with Gasteiger partial charge in [-0.3, -0.25) is 4.57 Å². The van der Waals surface area contributed by atoms with Gasteiger partial charge in [0.05, 0.1) is 5.76 Å². The van der Waals surface area contributed by atoms with Crippen molar-refractivity contribution in [2.24, 2.45) is 5.92 Å². The van der Waals surface area contributed by atoms with Crippen LogP contribution in [0, 0.1) is 19.8 Å². The Labute approximate surface area is 150 Å². The highest BCUT2D eigenvalue weighted by atomic mass is 31.2. The summed E-state index contributed by atoms with van der Waals surface area (Å²) >= 11 is 0. The number of aliphatic hydroxyl groups is 1. The van der Waals surface area contributed by atoms with Crippen molar-refractivity contribution in [3.8, 4) is 0 Å². The highest BCUT2D eigenvalue weighted by molar-refractivity contribution is 7.51. The van der Waals surface area contributed by atoms with Crippen LogP contribution in [0.4, 0.5) is 5.69 Å². The summed E-state index contributed by atoms with van der Waals surface area (Å²) in [7, 11) is -4.08. The molecule has 0 fully saturated rings. The molecule has 0 spiro atoms. The lowest BCUT2D eigenvalue weighted by atomic mass is 9.93. The summed E-state index contributed by atoms with van der Waals surface area (Å²) in [6.45, 7) is 11.8. The van der Waals surface area contributed by atoms with Gasteiger partial charge in [0.1, 0.15) is 6.29 Å². The smallest absolute Gasteiger partial charge is 0.344 e. The number of allylic oxidation sites excluding steroid dienone is 4. The molecule has 0 saturated carbocycles. The van der Waals surface area contributed by atoms with Crippen LogP contribution in [0.25, 0.3) is 0 Å². The Morgan fingerprint density at radius 1 is 1.20 bits per heavy atom. The zero-order chi connectivity index (χ0) is 19.4. The van der Waals surface area contributed by atoms with Gasteiger partial charge in [-0.05, 0) is 74.4 Å². The van der Waals surface area contributed by atoms with Crippen LogP contribution in [0.2, 0.25) is 0 Å². The minimum Gasteiger partial charge on any atom is -0.512 e. The Balaban J connectivity index is 3.04. The number of hydrogen-bond donors (Lipinski definition) is 4. The quantitative estimate of drug-likeness (QED) is 0.315. The van der Waals surface area contributed by atoms with Crippen LogP contribution in [-0.4, -0.2) is 21.2 Å². The monoisotopic (exact) mass is 367 g/mol. The molecule has 0 radical (unpaired) electrons. The molecule has 1 rings (SSSR count). The van der Waals surface area contributed by atoms with Crippen molar-refractivity contribution in [1.82, 2.24) is 0 Å². The van der Waals surface area contributed by atoms with Gasteiger partial charge in [0.2, 0.25) is 0 Å². The molecule has 0 heterocycles. The molecule has 140 valence electrons. The first-order chi connectivity index (χ1) is 11.4. The number of benzene rings is 1. The summed E-state index contributed by atoms with van der Waals surface area (Å²) in [5, 5.41) is 12.6. The van der Waals surface area contributed by atoms with Crippen molar-refractivity contribution >= 4 is 13.3 Å². The SMILES string of the molecule is C/C(=C\C(=C(/C)O)C(C)C)Cc1c(C)cc(NCP(=O)(O)O)cc1C. The molecule has 6 heteroatoms. The third kappa shape index (κ3) is 7.07. The van der Waals surface area contributed by atoms with E-state index in [9.17, 15) is 9.67 Å². The van der Waals surface area contributed by atoms with E-state index >= 15 is 0 Å². The highest BCUT2D eigenvalue weighted by Crippen LogP contribution is 2.34. The molecule has 0 aromatic heterocycles. The second-order valence-corrected chi connectivity index (χ2v) is 8.60. The average Bonchev–Trinajstić information content (AvgIpc) is 2.45. The molecule has 0 aliphatic carbocycles. The van der Waals surface area contributed by atoms with Gasteiger partial charge in [-0.25, -0.2) is 0 Å². The van der Waals surface area contributed by atoms with Gasteiger partial charge < -0.3 is 20.2 Å². The topological polar surface area (TPSA) is 89.8 Å². The normalized spacial score (nSPS) is 13.9. The van der Waals surface area contributed by atoms with E-state index in [2.05, 4.69) is 19.2 Å². The van der Waals surface area contributed by atoms with Gasteiger partial charge in [0.25, 0.3) is 0 Å². The fraction of sp³-hybridized carbons (Fsp3) is 0.474. The van der Waals surface area contributed by atoms with E-state index in [1.165, 1.54) is 5.56 Å². The lowest BCUT2D eigenvalue weighted by molar-refractivity contribution is 0.375. The van der Waals surface area contributed by atoms with Crippen LogP contribution in [0.5, 0.6) is 0 Å². The lowest BCUT2D eigenvalue weighted by Gasteiger charge is -2.16. The van der Waals surface area contributed by atoms with Crippen LogP contribution in [0.15, 0.2) is 35.1 Å². The predicted octanol–water partition coefficient (Wildman–Crippen LogP) is 4.83. The molecule has 0 aliphatic heterocycles. The van der Waals surface area contributed by atoms with Crippen molar-refractivity contribution in [3.63, 3.8) is 0 Å². The minimum absolute atomic E-state index is 0.251. The summed E-state index contributed by atoms with van der Waals surface area (Å²) < 4.78 is 11.0. The molecule has 0 saturated heterocycles. The maximum atomic E-state index is 11.0. The Kier molecular flexibility index (Phi) is 7.48. The Bertz CT molecular complexity index is 702. The van der Waals surface area contributed by atoms with Gasteiger partial charge >= 0.3 is 7.60 Å². The molecule has 0 unspecified atom stereocenters. The number of hydrogen-bond acceptors (Lipinski definition) is 3. The van der Waals surface area contributed by atoms with E-state index < -0.39 is 7.60 Å². The van der Waals surface area contributed by atoms with Crippen LogP contribution < -0.4 is 5.32 Å². The average molecular weight is 367 g/mol. The first-order valence-electron chi connectivity index (χ1n) is 8.36. The third-order valence-electron chi connectivity index (χ3n) is 4.08. The number of aliphatic hydroxyl groups excluding tert-OH is 1. The largest absolute Gasteiger partial charge is 0.512 e. The Morgan fingerprint density at radius 2 is 1.72 bits per heavy atom. The van der Waals surface area contributed by atoms with E-state index in [0.717, 1.165) is 28.7 Å². The summed E-state index contributed by atoms with van der Waals surface area (Å²) in [5.74, 6) is 0.598. The minimum atomic E-state index is -4.08. The fourth-order valence-corrected chi connectivity index (χ4v) is 3.24. The van der Waals surface area contributed by atoms with Crippen molar-refractivity contribution < 1.29 is 19.5 Å². The molecule has 1 aromatic carbocycles. The zero-order valence-corrected chi connectivity index (χ0v) is 16.8. The summed E-state index contributed by atoms with van der Waals surface area (Å²) in [6, 6.07) is 3.81. The molecule has 0 amide bonds. The van der Waals surface area contributed by atoms with Crippen LogP contribution in [-0.2, 0) is 11.0 Å². The molecule has 5 nitrogen and oxygen atoms in total. The van der Waals surface area contributed by atoms with Crippen LogP contribution >= 0.6 is 7.60 Å². The Hall–Kier alpha value is -1.55. The van der Waals surface area contributed by atoms with E-state index in [1.807, 2.05) is 39.0 Å². The summed E-state index contributed by atoms with van der Waals surface area (Å²) in [5.41, 5.74) is 6.12. The fourth-order valence-electron chi connectivity index (χ4n) is 2.85. The molecule has 0 aliphatic rings. The first-order valence-corrected chi connectivity index (χ1v) is 10.2. The van der Waals surface area contributed by atoms with E-state index in [-0.39, 0.29) is 12.2 Å². The van der Waals surface area contributed by atoms with Gasteiger partial charge in [0.15, 0.2) is 0 Å². The van der Waals surface area contributed by atoms with Crippen molar-refractivity contribution in [1.29, 1.82) is 0 Å². The summed E-state index contributed by atoms with van der Waals surface area (Å²) in [6.07, 6.45) is 2.43. The molecular formula is C19H30NO4P. The molecule has 4 N–H and O–H groups in total. The van der Waals surface area contributed by atoms with Gasteiger partial charge in [-0.15, -0.1) is 0 Å². The molecular weight excluding hydrogens is 337 g/mol. The zero-order valence-electron chi connectivity index (χ0n) is 15.9. The number of aryl methyl sites for hydroxylation is 2. The molecule has 25 heavy (non-hydrogen) atoms. The second-order valence-electron chi connectivity index (χ2n) is 6.95. The van der Waals surface area contributed by atoms with Gasteiger partial charge in [-0.1, -0.05) is 25.5 Å². The number of anilines is 1. The molecule has 0 atom stereocenters. The van der Waals surface area contributed by atoms with Crippen LogP contribution in [0.1, 0.15) is 44.4 Å². The highest BCUT2D eigenvalue weighted by Gasteiger charge is 2.13. The van der Waals surface area contributed by atoms with Crippen molar-refractivity contribution in [2.45, 2.75) is 48.0 Å². The Morgan fingerprint density at radius 3 is 2.12 bits per heavy atom. The summed E-state index contributed by atoms with van der Waals surface area (Å²) in [4.78, 5) is 18.0. The predicted molar refractivity (Wildman–Crippen MR) is 104 cm³/mol. The first kappa shape index (κ1) is 21.5.